The number of rotatable bonds is 5. The summed E-state index contributed by atoms with van der Waals surface area (Å²) >= 11 is 1.68. The fourth-order valence-electron chi connectivity index (χ4n) is 3.70. The van der Waals surface area contributed by atoms with Crippen molar-refractivity contribution in [2.45, 2.75) is 18.9 Å². The maximum Gasteiger partial charge on any atom is 0.191 e. The molecule has 4 heterocycles. The number of furan rings is 1. The predicted octanol–water partition coefficient (Wildman–Crippen LogP) is 2.63. The minimum atomic E-state index is 0. The molecule has 0 bridgehead atoms. The minimum Gasteiger partial charge on any atom is -0.468 e. The standard InChI is InChI=1S/C18H26N6OS.HI/c19-17(23-8-10-24(11-9-23)18-20-5-13-26-18)21-14-15(16-4-3-12-25-16)22-6-1-2-7-22;/h3-5,12-13,15H,1-2,6-11,14H2,(H2,19,21);1H. The Balaban J connectivity index is 0.00000210. The number of nitrogens with two attached hydrogens (primary N) is 1. The number of thiazole rings is 1. The zero-order valence-electron chi connectivity index (χ0n) is 15.4. The number of aliphatic imine (C=N–C) groups is 1. The Morgan fingerprint density at radius 1 is 1.22 bits per heavy atom. The van der Waals surface area contributed by atoms with Crippen LogP contribution in [-0.2, 0) is 0 Å². The van der Waals surface area contributed by atoms with Gasteiger partial charge < -0.3 is 20.0 Å². The molecule has 2 aromatic rings. The zero-order chi connectivity index (χ0) is 17.8. The van der Waals surface area contributed by atoms with Crippen molar-refractivity contribution in [3.8, 4) is 0 Å². The summed E-state index contributed by atoms with van der Waals surface area (Å²) in [5.74, 6) is 1.62. The van der Waals surface area contributed by atoms with Crippen molar-refractivity contribution in [3.05, 3.63) is 35.7 Å². The van der Waals surface area contributed by atoms with Crippen LogP contribution in [0.15, 0.2) is 39.4 Å². The van der Waals surface area contributed by atoms with Crippen LogP contribution in [0.3, 0.4) is 0 Å². The molecule has 2 aromatic heterocycles. The highest BCUT2D eigenvalue weighted by molar-refractivity contribution is 14.0. The highest BCUT2D eigenvalue weighted by Crippen LogP contribution is 2.26. The molecule has 1 atom stereocenters. The van der Waals surface area contributed by atoms with Crippen molar-refractivity contribution in [2.75, 3.05) is 50.7 Å². The topological polar surface area (TPSA) is 74.1 Å². The lowest BCUT2D eigenvalue weighted by Gasteiger charge is -2.35. The van der Waals surface area contributed by atoms with Gasteiger partial charge >= 0.3 is 0 Å². The summed E-state index contributed by atoms with van der Waals surface area (Å²) in [5.41, 5.74) is 6.31. The first-order chi connectivity index (χ1) is 12.8. The first kappa shape index (κ1) is 20.4. The maximum atomic E-state index is 6.31. The minimum absolute atomic E-state index is 0. The van der Waals surface area contributed by atoms with E-state index >= 15 is 0 Å². The molecule has 2 fully saturated rings. The van der Waals surface area contributed by atoms with Crippen LogP contribution < -0.4 is 10.6 Å². The molecule has 0 amide bonds. The Labute approximate surface area is 181 Å². The smallest absolute Gasteiger partial charge is 0.191 e. The van der Waals surface area contributed by atoms with Crippen molar-refractivity contribution < 1.29 is 4.42 Å². The quantitative estimate of drug-likeness (QED) is 0.385. The van der Waals surface area contributed by atoms with E-state index < -0.39 is 0 Å². The van der Waals surface area contributed by atoms with E-state index in [1.807, 2.05) is 23.7 Å². The van der Waals surface area contributed by atoms with Crippen molar-refractivity contribution in [1.82, 2.24) is 14.8 Å². The number of likely N-dealkylation sites (tertiary alicyclic amines) is 1. The lowest BCUT2D eigenvalue weighted by molar-refractivity contribution is 0.220. The SMILES string of the molecule is I.NC(=NCC(c1ccco1)N1CCCC1)N1CCN(c2nccs2)CC1. The van der Waals surface area contributed by atoms with Gasteiger partial charge in [-0.3, -0.25) is 9.89 Å². The zero-order valence-corrected chi connectivity index (χ0v) is 18.5. The number of anilines is 1. The average Bonchev–Trinajstić information content (AvgIpc) is 3.45. The second kappa shape index (κ2) is 9.74. The summed E-state index contributed by atoms with van der Waals surface area (Å²) in [7, 11) is 0. The molecule has 27 heavy (non-hydrogen) atoms. The van der Waals surface area contributed by atoms with Crippen LogP contribution in [0.25, 0.3) is 0 Å². The molecule has 0 spiro atoms. The molecule has 0 saturated carbocycles. The molecule has 9 heteroatoms. The van der Waals surface area contributed by atoms with Crippen LogP contribution >= 0.6 is 35.3 Å². The van der Waals surface area contributed by atoms with E-state index in [1.165, 1.54) is 12.8 Å². The molecule has 0 aromatic carbocycles. The molecular weight excluding hydrogens is 475 g/mol. The van der Waals surface area contributed by atoms with Gasteiger partial charge in [0.2, 0.25) is 0 Å². The fraction of sp³-hybridized carbons (Fsp3) is 0.556. The summed E-state index contributed by atoms with van der Waals surface area (Å²) in [6.07, 6.45) is 6.09. The summed E-state index contributed by atoms with van der Waals surface area (Å²) in [5, 5.41) is 3.11. The molecule has 2 N–H and O–H groups in total. The van der Waals surface area contributed by atoms with E-state index in [0.29, 0.717) is 12.5 Å². The highest BCUT2D eigenvalue weighted by atomic mass is 127. The Hall–Kier alpha value is -1.33. The number of hydrogen-bond acceptors (Lipinski definition) is 6. The van der Waals surface area contributed by atoms with Crippen molar-refractivity contribution >= 4 is 46.4 Å². The van der Waals surface area contributed by atoms with Gasteiger partial charge in [0.15, 0.2) is 11.1 Å². The van der Waals surface area contributed by atoms with Crippen LogP contribution in [0.4, 0.5) is 5.13 Å². The number of halogens is 1. The molecule has 0 aliphatic carbocycles. The Kier molecular flexibility index (Phi) is 7.36. The van der Waals surface area contributed by atoms with E-state index in [0.717, 1.165) is 50.2 Å². The maximum absolute atomic E-state index is 6.31. The van der Waals surface area contributed by atoms with Crippen LogP contribution in [0.1, 0.15) is 24.6 Å². The molecule has 2 aliphatic heterocycles. The molecule has 0 radical (unpaired) electrons. The van der Waals surface area contributed by atoms with Gasteiger partial charge in [-0.05, 0) is 38.1 Å². The fourth-order valence-corrected chi connectivity index (χ4v) is 4.40. The Bertz CT molecular complexity index is 694. The largest absolute Gasteiger partial charge is 0.468 e. The van der Waals surface area contributed by atoms with Crippen LogP contribution in [0.2, 0.25) is 0 Å². The van der Waals surface area contributed by atoms with E-state index in [-0.39, 0.29) is 30.0 Å². The van der Waals surface area contributed by atoms with Gasteiger partial charge in [-0.25, -0.2) is 4.98 Å². The lowest BCUT2D eigenvalue weighted by atomic mass is 10.2. The van der Waals surface area contributed by atoms with Gasteiger partial charge in [-0.15, -0.1) is 35.3 Å². The normalized spacial score (nSPS) is 19.9. The summed E-state index contributed by atoms with van der Waals surface area (Å²) < 4.78 is 5.66. The molecule has 2 saturated heterocycles. The molecular formula is C18H27IN6OS. The monoisotopic (exact) mass is 502 g/mol. The molecule has 2 aliphatic rings. The second-order valence-electron chi connectivity index (χ2n) is 6.76. The summed E-state index contributed by atoms with van der Waals surface area (Å²) in [6, 6.07) is 4.17. The molecule has 1 unspecified atom stereocenters. The van der Waals surface area contributed by atoms with Gasteiger partial charge in [0.25, 0.3) is 0 Å². The highest BCUT2D eigenvalue weighted by Gasteiger charge is 2.26. The Morgan fingerprint density at radius 2 is 2.00 bits per heavy atom. The van der Waals surface area contributed by atoms with Gasteiger partial charge in [0, 0.05) is 37.8 Å². The number of nitrogens with zero attached hydrogens (tertiary/aromatic N) is 5. The summed E-state index contributed by atoms with van der Waals surface area (Å²) in [6.45, 7) is 6.47. The number of piperazine rings is 1. The second-order valence-corrected chi connectivity index (χ2v) is 7.63. The molecule has 7 nitrogen and oxygen atoms in total. The van der Waals surface area contributed by atoms with Gasteiger partial charge in [0.1, 0.15) is 5.76 Å². The van der Waals surface area contributed by atoms with E-state index in [2.05, 4.69) is 19.7 Å². The third kappa shape index (κ3) is 4.94. The number of aromatic nitrogens is 1. The van der Waals surface area contributed by atoms with E-state index in [1.54, 1.807) is 17.6 Å². The Morgan fingerprint density at radius 3 is 2.63 bits per heavy atom. The number of hydrogen-bond donors (Lipinski definition) is 1. The van der Waals surface area contributed by atoms with Crippen molar-refractivity contribution in [1.29, 1.82) is 0 Å². The average molecular weight is 502 g/mol. The molecule has 4 rings (SSSR count). The number of guanidine groups is 1. The van der Waals surface area contributed by atoms with Crippen LogP contribution in [0.5, 0.6) is 0 Å². The molecule has 148 valence electrons. The summed E-state index contributed by atoms with van der Waals surface area (Å²) in [4.78, 5) is 16.1. The third-order valence-electron chi connectivity index (χ3n) is 5.17. The first-order valence-corrected chi connectivity index (χ1v) is 10.2. The third-order valence-corrected chi connectivity index (χ3v) is 6.00. The van der Waals surface area contributed by atoms with Gasteiger partial charge in [-0.1, -0.05) is 0 Å². The van der Waals surface area contributed by atoms with E-state index in [9.17, 15) is 0 Å². The van der Waals surface area contributed by atoms with E-state index in [4.69, 9.17) is 15.1 Å². The first-order valence-electron chi connectivity index (χ1n) is 9.28. The van der Waals surface area contributed by atoms with Gasteiger partial charge in [0.05, 0.1) is 18.8 Å². The van der Waals surface area contributed by atoms with Gasteiger partial charge in [-0.2, -0.15) is 0 Å². The van der Waals surface area contributed by atoms with Crippen molar-refractivity contribution in [2.24, 2.45) is 10.7 Å². The van der Waals surface area contributed by atoms with Crippen molar-refractivity contribution in [3.63, 3.8) is 0 Å². The van der Waals surface area contributed by atoms with Crippen LogP contribution in [0, 0.1) is 0 Å². The van der Waals surface area contributed by atoms with Crippen LogP contribution in [-0.4, -0.2) is 66.6 Å². The lowest BCUT2D eigenvalue weighted by Crippen LogP contribution is -2.51. The predicted molar refractivity (Wildman–Crippen MR) is 120 cm³/mol.